The quantitative estimate of drug-likeness (QED) is 0.537. The largest absolute Gasteiger partial charge is 0.486 e. The van der Waals surface area contributed by atoms with Crippen molar-refractivity contribution in [3.63, 3.8) is 0 Å². The molecule has 1 aliphatic rings. The molecule has 0 aliphatic carbocycles. The fourth-order valence-corrected chi connectivity index (χ4v) is 2.74. The number of carbonyl (C=O) groups is 2. The van der Waals surface area contributed by atoms with E-state index in [1.807, 2.05) is 6.07 Å². The molecule has 2 heterocycles. The molecule has 25 heavy (non-hydrogen) atoms. The molecule has 0 spiro atoms. The fraction of sp³-hybridized carbons (Fsp3) is 0.100. The van der Waals surface area contributed by atoms with Crippen LogP contribution in [0, 0.1) is 0 Å². The number of carbonyl (C=O) groups excluding carboxylic acids is 2. The van der Waals surface area contributed by atoms with Crippen molar-refractivity contribution in [2.75, 3.05) is 13.2 Å². The van der Waals surface area contributed by atoms with Crippen molar-refractivity contribution >= 4 is 12.1 Å². The zero-order chi connectivity index (χ0) is 17.2. The number of hydrogen-bond donors (Lipinski definition) is 0. The minimum absolute atomic E-state index is 0.124. The SMILES string of the molecule is O=Cc1ccc(-c2cccc(C(=O)c3ccc4c(c3)OCCO4)c2)o1. The molecule has 2 aromatic carbocycles. The number of ketones is 1. The van der Waals surface area contributed by atoms with Crippen molar-refractivity contribution in [3.8, 4) is 22.8 Å². The van der Waals surface area contributed by atoms with Crippen molar-refractivity contribution in [3.05, 3.63) is 71.5 Å². The predicted octanol–water partition coefficient (Wildman–Crippen LogP) is 3.76. The summed E-state index contributed by atoms with van der Waals surface area (Å²) >= 11 is 0. The van der Waals surface area contributed by atoms with Crippen LogP contribution >= 0.6 is 0 Å². The van der Waals surface area contributed by atoms with Crippen molar-refractivity contribution in [2.45, 2.75) is 0 Å². The summed E-state index contributed by atoms with van der Waals surface area (Å²) in [5.74, 6) is 1.89. The van der Waals surface area contributed by atoms with Gasteiger partial charge in [0.2, 0.25) is 0 Å². The highest BCUT2D eigenvalue weighted by molar-refractivity contribution is 6.09. The highest BCUT2D eigenvalue weighted by Gasteiger charge is 2.17. The van der Waals surface area contributed by atoms with Crippen molar-refractivity contribution < 1.29 is 23.5 Å². The van der Waals surface area contributed by atoms with Gasteiger partial charge in [-0.2, -0.15) is 0 Å². The van der Waals surface area contributed by atoms with Gasteiger partial charge in [-0.05, 0) is 36.4 Å². The van der Waals surface area contributed by atoms with Gasteiger partial charge < -0.3 is 13.9 Å². The normalized spacial score (nSPS) is 12.6. The lowest BCUT2D eigenvalue weighted by Crippen LogP contribution is -2.15. The number of rotatable bonds is 4. The van der Waals surface area contributed by atoms with Crippen LogP contribution in [0.25, 0.3) is 11.3 Å². The molecule has 5 heteroatoms. The molecule has 1 aliphatic heterocycles. The van der Waals surface area contributed by atoms with Crippen LogP contribution in [0.4, 0.5) is 0 Å². The summed E-state index contributed by atoms with van der Waals surface area (Å²) in [5.41, 5.74) is 1.78. The summed E-state index contributed by atoms with van der Waals surface area (Å²) in [6, 6.07) is 15.6. The molecule has 0 fully saturated rings. The maximum atomic E-state index is 12.8. The van der Waals surface area contributed by atoms with E-state index in [1.54, 1.807) is 48.5 Å². The van der Waals surface area contributed by atoms with E-state index in [9.17, 15) is 9.59 Å². The molecule has 0 unspecified atom stereocenters. The number of fused-ring (bicyclic) bond motifs is 1. The van der Waals surface area contributed by atoms with Gasteiger partial charge in [-0.15, -0.1) is 0 Å². The summed E-state index contributed by atoms with van der Waals surface area (Å²) < 4.78 is 16.4. The second kappa shape index (κ2) is 6.28. The number of benzene rings is 2. The van der Waals surface area contributed by atoms with Crippen molar-refractivity contribution in [2.24, 2.45) is 0 Å². The van der Waals surface area contributed by atoms with Crippen LogP contribution in [0.2, 0.25) is 0 Å². The topological polar surface area (TPSA) is 65.7 Å². The van der Waals surface area contributed by atoms with E-state index >= 15 is 0 Å². The number of hydrogen-bond acceptors (Lipinski definition) is 5. The Morgan fingerprint density at radius 3 is 2.48 bits per heavy atom. The van der Waals surface area contributed by atoms with Crippen LogP contribution in [0.15, 0.2) is 59.0 Å². The summed E-state index contributed by atoms with van der Waals surface area (Å²) in [6.07, 6.45) is 0.647. The zero-order valence-corrected chi connectivity index (χ0v) is 13.2. The molecule has 4 rings (SSSR count). The van der Waals surface area contributed by atoms with Gasteiger partial charge in [-0.25, -0.2) is 0 Å². The molecule has 124 valence electrons. The molecule has 0 N–H and O–H groups in total. The van der Waals surface area contributed by atoms with Crippen molar-refractivity contribution in [1.29, 1.82) is 0 Å². The second-order valence-electron chi connectivity index (χ2n) is 5.59. The molecular formula is C20H14O5. The Labute approximate surface area is 143 Å². The predicted molar refractivity (Wildman–Crippen MR) is 90.4 cm³/mol. The molecule has 0 saturated carbocycles. The van der Waals surface area contributed by atoms with Gasteiger partial charge in [-0.3, -0.25) is 9.59 Å². The summed E-state index contributed by atoms with van der Waals surface area (Å²) in [6.45, 7) is 0.978. The first kappa shape index (κ1) is 15.2. The lowest BCUT2D eigenvalue weighted by molar-refractivity contribution is 0.103. The van der Waals surface area contributed by atoms with Gasteiger partial charge in [0, 0.05) is 16.7 Å². The summed E-state index contributed by atoms with van der Waals surface area (Å²) in [4.78, 5) is 23.6. The highest BCUT2D eigenvalue weighted by Crippen LogP contribution is 2.32. The van der Waals surface area contributed by atoms with E-state index in [4.69, 9.17) is 13.9 Å². The van der Waals surface area contributed by atoms with E-state index in [1.165, 1.54) is 0 Å². The van der Waals surface area contributed by atoms with Crippen LogP contribution in [0.3, 0.4) is 0 Å². The molecular weight excluding hydrogens is 320 g/mol. The third-order valence-corrected chi connectivity index (χ3v) is 3.96. The molecule has 0 bridgehead atoms. The Morgan fingerprint density at radius 1 is 0.880 bits per heavy atom. The average Bonchev–Trinajstić information content (AvgIpc) is 3.16. The van der Waals surface area contributed by atoms with E-state index < -0.39 is 0 Å². The lowest BCUT2D eigenvalue weighted by Gasteiger charge is -2.18. The molecule has 0 saturated heterocycles. The van der Waals surface area contributed by atoms with Gasteiger partial charge in [-0.1, -0.05) is 18.2 Å². The molecule has 0 amide bonds. The minimum Gasteiger partial charge on any atom is -0.486 e. The van der Waals surface area contributed by atoms with Crippen LogP contribution in [-0.4, -0.2) is 25.3 Å². The molecule has 5 nitrogen and oxygen atoms in total. The maximum absolute atomic E-state index is 12.8. The van der Waals surface area contributed by atoms with Crippen LogP contribution < -0.4 is 9.47 Å². The van der Waals surface area contributed by atoms with E-state index in [0.29, 0.717) is 47.9 Å². The Hall–Kier alpha value is -3.34. The number of furan rings is 1. The number of aldehydes is 1. The van der Waals surface area contributed by atoms with Gasteiger partial charge >= 0.3 is 0 Å². The standard InChI is InChI=1S/C20H14O5/c21-12-16-5-7-17(25-16)13-2-1-3-14(10-13)20(22)15-4-6-18-19(11-15)24-9-8-23-18/h1-7,10-12H,8-9H2. The molecule has 1 aromatic heterocycles. The Morgan fingerprint density at radius 2 is 1.68 bits per heavy atom. The van der Waals surface area contributed by atoms with Gasteiger partial charge in [0.25, 0.3) is 0 Å². The van der Waals surface area contributed by atoms with Crippen LogP contribution in [0.5, 0.6) is 11.5 Å². The highest BCUT2D eigenvalue weighted by atomic mass is 16.6. The molecule has 0 atom stereocenters. The van der Waals surface area contributed by atoms with Gasteiger partial charge in [0.05, 0.1) is 0 Å². The Kier molecular flexibility index (Phi) is 3.82. The van der Waals surface area contributed by atoms with E-state index in [0.717, 1.165) is 5.56 Å². The third kappa shape index (κ3) is 2.92. The first-order chi connectivity index (χ1) is 12.2. The molecule has 3 aromatic rings. The second-order valence-corrected chi connectivity index (χ2v) is 5.59. The molecule has 0 radical (unpaired) electrons. The smallest absolute Gasteiger partial charge is 0.193 e. The first-order valence-corrected chi connectivity index (χ1v) is 7.84. The van der Waals surface area contributed by atoms with Crippen molar-refractivity contribution in [1.82, 2.24) is 0 Å². The Balaban J connectivity index is 1.66. The van der Waals surface area contributed by atoms with Gasteiger partial charge in [0.15, 0.2) is 29.3 Å². The summed E-state index contributed by atoms with van der Waals surface area (Å²) in [7, 11) is 0. The van der Waals surface area contributed by atoms with Crippen LogP contribution in [0.1, 0.15) is 26.5 Å². The minimum atomic E-state index is -0.124. The monoisotopic (exact) mass is 334 g/mol. The Bertz CT molecular complexity index is 954. The van der Waals surface area contributed by atoms with E-state index in [-0.39, 0.29) is 11.5 Å². The van der Waals surface area contributed by atoms with Crippen LogP contribution in [-0.2, 0) is 0 Å². The maximum Gasteiger partial charge on any atom is 0.193 e. The lowest BCUT2D eigenvalue weighted by atomic mass is 10.00. The average molecular weight is 334 g/mol. The van der Waals surface area contributed by atoms with E-state index in [2.05, 4.69) is 0 Å². The summed E-state index contributed by atoms with van der Waals surface area (Å²) in [5, 5.41) is 0. The zero-order valence-electron chi connectivity index (χ0n) is 13.2. The fourth-order valence-electron chi connectivity index (χ4n) is 2.74. The third-order valence-electron chi connectivity index (χ3n) is 3.96. The number of ether oxygens (including phenoxy) is 2. The first-order valence-electron chi connectivity index (χ1n) is 7.84. The van der Waals surface area contributed by atoms with Gasteiger partial charge in [0.1, 0.15) is 19.0 Å².